The van der Waals surface area contributed by atoms with Crippen LogP contribution in [-0.4, -0.2) is 12.1 Å². The molecule has 1 aliphatic carbocycles. The van der Waals surface area contributed by atoms with Crippen LogP contribution in [0.3, 0.4) is 0 Å². The van der Waals surface area contributed by atoms with Crippen molar-refractivity contribution in [2.75, 3.05) is 5.32 Å². The molecule has 0 heterocycles. The third kappa shape index (κ3) is 2.07. The first-order valence-electron chi connectivity index (χ1n) is 4.62. The highest BCUT2D eigenvalue weighted by molar-refractivity contribution is 9.10. The van der Waals surface area contributed by atoms with Gasteiger partial charge in [-0.3, -0.25) is 0 Å². The molecule has 0 amide bonds. The summed E-state index contributed by atoms with van der Waals surface area (Å²) in [5, 5.41) is 3.13. The van der Waals surface area contributed by atoms with E-state index in [1.54, 1.807) is 12.1 Å². The zero-order valence-corrected chi connectivity index (χ0v) is 9.22. The fourth-order valence-corrected chi connectivity index (χ4v) is 1.97. The van der Waals surface area contributed by atoms with Crippen molar-refractivity contribution in [3.05, 3.63) is 28.5 Å². The van der Waals surface area contributed by atoms with E-state index in [4.69, 9.17) is 5.73 Å². The number of hydrogen-bond donors (Lipinski definition) is 2. The molecule has 1 aromatic carbocycles. The number of hydrogen-bond acceptors (Lipinski definition) is 2. The summed E-state index contributed by atoms with van der Waals surface area (Å²) in [6.07, 6.45) is 1.85. The molecule has 3 N–H and O–H groups in total. The Balaban J connectivity index is 2.05. The van der Waals surface area contributed by atoms with Gasteiger partial charge in [0.05, 0.1) is 5.69 Å². The van der Waals surface area contributed by atoms with Crippen LogP contribution in [0.15, 0.2) is 22.7 Å². The smallest absolute Gasteiger partial charge is 0.146 e. The first-order valence-corrected chi connectivity index (χ1v) is 5.41. The minimum atomic E-state index is -0.214. The summed E-state index contributed by atoms with van der Waals surface area (Å²) in [5.41, 5.74) is 6.20. The van der Waals surface area contributed by atoms with Crippen LogP contribution in [0, 0.1) is 5.82 Å². The van der Waals surface area contributed by atoms with Crippen molar-refractivity contribution in [3.8, 4) is 0 Å². The van der Waals surface area contributed by atoms with Gasteiger partial charge >= 0.3 is 0 Å². The molecule has 0 saturated heterocycles. The summed E-state index contributed by atoms with van der Waals surface area (Å²) in [6, 6.07) is 5.49. The summed E-state index contributed by atoms with van der Waals surface area (Å²) in [5.74, 6) is -0.214. The van der Waals surface area contributed by atoms with Gasteiger partial charge in [0.15, 0.2) is 0 Å². The molecule has 1 aliphatic rings. The Morgan fingerprint density at radius 1 is 1.43 bits per heavy atom. The number of nitrogens with one attached hydrogen (secondary N) is 1. The Hall–Kier alpha value is -0.610. The normalized spacial score (nSPS) is 25.6. The zero-order chi connectivity index (χ0) is 10.1. The van der Waals surface area contributed by atoms with Crippen LogP contribution in [-0.2, 0) is 0 Å². The van der Waals surface area contributed by atoms with E-state index in [-0.39, 0.29) is 11.9 Å². The maximum absolute atomic E-state index is 13.3. The number of halogens is 2. The van der Waals surface area contributed by atoms with Gasteiger partial charge in [0.1, 0.15) is 5.82 Å². The molecule has 76 valence electrons. The lowest BCUT2D eigenvalue weighted by molar-refractivity contribution is 0.372. The molecule has 0 radical (unpaired) electrons. The van der Waals surface area contributed by atoms with E-state index in [2.05, 4.69) is 21.2 Å². The topological polar surface area (TPSA) is 38.0 Å². The van der Waals surface area contributed by atoms with Gasteiger partial charge < -0.3 is 11.1 Å². The van der Waals surface area contributed by atoms with Gasteiger partial charge in [-0.15, -0.1) is 0 Å². The Morgan fingerprint density at radius 3 is 2.79 bits per heavy atom. The third-order valence-corrected chi connectivity index (χ3v) is 2.96. The standard InChI is InChI=1S/C10H12BrFN2/c11-6-1-2-9(12)10(3-6)14-8-4-7(13)5-8/h1-3,7-8,14H,4-5,13H2. The van der Waals surface area contributed by atoms with E-state index in [0.717, 1.165) is 17.3 Å². The highest BCUT2D eigenvalue weighted by Gasteiger charge is 2.26. The second-order valence-electron chi connectivity index (χ2n) is 3.70. The van der Waals surface area contributed by atoms with E-state index >= 15 is 0 Å². The Morgan fingerprint density at radius 2 is 2.14 bits per heavy atom. The molecule has 1 saturated carbocycles. The highest BCUT2D eigenvalue weighted by Crippen LogP contribution is 2.26. The average Bonchev–Trinajstić information content (AvgIpc) is 2.09. The molecule has 0 bridgehead atoms. The van der Waals surface area contributed by atoms with Crippen LogP contribution in [0.1, 0.15) is 12.8 Å². The molecule has 1 fully saturated rings. The molecule has 4 heteroatoms. The molecule has 0 spiro atoms. The molecular formula is C10H12BrFN2. The van der Waals surface area contributed by atoms with E-state index < -0.39 is 0 Å². The van der Waals surface area contributed by atoms with E-state index in [0.29, 0.717) is 11.7 Å². The molecule has 2 rings (SSSR count). The van der Waals surface area contributed by atoms with Gasteiger partial charge in [-0.1, -0.05) is 15.9 Å². The third-order valence-electron chi connectivity index (χ3n) is 2.46. The largest absolute Gasteiger partial charge is 0.380 e. The lowest BCUT2D eigenvalue weighted by Gasteiger charge is -2.33. The van der Waals surface area contributed by atoms with Gasteiger partial charge in [-0.05, 0) is 31.0 Å². The molecule has 14 heavy (non-hydrogen) atoms. The van der Waals surface area contributed by atoms with Crippen molar-refractivity contribution in [2.24, 2.45) is 5.73 Å². The summed E-state index contributed by atoms with van der Waals surface area (Å²) in [4.78, 5) is 0. The van der Waals surface area contributed by atoms with E-state index in [1.807, 2.05) is 0 Å². The van der Waals surface area contributed by atoms with E-state index in [1.165, 1.54) is 6.07 Å². The van der Waals surface area contributed by atoms with Gasteiger partial charge in [0.25, 0.3) is 0 Å². The second-order valence-corrected chi connectivity index (χ2v) is 4.61. The predicted octanol–water partition coefficient (Wildman–Crippen LogP) is 2.49. The van der Waals surface area contributed by atoms with Crippen LogP contribution >= 0.6 is 15.9 Å². The molecule has 0 atom stereocenters. The molecule has 1 aromatic rings. The molecule has 0 unspecified atom stereocenters. The van der Waals surface area contributed by atoms with Crippen LogP contribution in [0.4, 0.5) is 10.1 Å². The Labute approximate surface area is 90.8 Å². The highest BCUT2D eigenvalue weighted by atomic mass is 79.9. The fraction of sp³-hybridized carbons (Fsp3) is 0.400. The second kappa shape index (κ2) is 3.87. The quantitative estimate of drug-likeness (QED) is 0.856. The van der Waals surface area contributed by atoms with Gasteiger partial charge in [0, 0.05) is 16.6 Å². The first-order chi connectivity index (χ1) is 6.65. The Bertz CT molecular complexity index is 337. The van der Waals surface area contributed by atoms with Crippen LogP contribution in [0.2, 0.25) is 0 Å². The van der Waals surface area contributed by atoms with Gasteiger partial charge in [-0.2, -0.15) is 0 Å². The monoisotopic (exact) mass is 258 g/mol. The number of rotatable bonds is 2. The minimum absolute atomic E-state index is 0.214. The van der Waals surface area contributed by atoms with Crippen molar-refractivity contribution < 1.29 is 4.39 Å². The molecular weight excluding hydrogens is 247 g/mol. The van der Waals surface area contributed by atoms with Crippen molar-refractivity contribution in [2.45, 2.75) is 24.9 Å². The summed E-state index contributed by atoms with van der Waals surface area (Å²) < 4.78 is 14.2. The first kappa shape index (κ1) is 9.93. The predicted molar refractivity (Wildman–Crippen MR) is 58.7 cm³/mol. The summed E-state index contributed by atoms with van der Waals surface area (Å²) >= 11 is 3.31. The number of anilines is 1. The zero-order valence-electron chi connectivity index (χ0n) is 7.63. The lowest BCUT2D eigenvalue weighted by atomic mass is 9.87. The molecule has 2 nitrogen and oxygen atoms in total. The maximum atomic E-state index is 13.3. The SMILES string of the molecule is NC1CC(Nc2cc(Br)ccc2F)C1. The Kier molecular flexibility index (Phi) is 2.74. The van der Waals surface area contributed by atoms with Crippen molar-refractivity contribution in [1.82, 2.24) is 0 Å². The fourth-order valence-electron chi connectivity index (χ4n) is 1.61. The van der Waals surface area contributed by atoms with Crippen LogP contribution in [0.25, 0.3) is 0 Å². The minimum Gasteiger partial charge on any atom is -0.380 e. The van der Waals surface area contributed by atoms with Crippen molar-refractivity contribution >= 4 is 21.6 Å². The van der Waals surface area contributed by atoms with Crippen molar-refractivity contribution in [1.29, 1.82) is 0 Å². The maximum Gasteiger partial charge on any atom is 0.146 e. The van der Waals surface area contributed by atoms with E-state index in [9.17, 15) is 4.39 Å². The average molecular weight is 259 g/mol. The van der Waals surface area contributed by atoms with Crippen molar-refractivity contribution in [3.63, 3.8) is 0 Å². The molecule has 0 aromatic heterocycles. The molecule has 0 aliphatic heterocycles. The van der Waals surface area contributed by atoms with Gasteiger partial charge in [-0.25, -0.2) is 4.39 Å². The summed E-state index contributed by atoms with van der Waals surface area (Å²) in [6.45, 7) is 0. The summed E-state index contributed by atoms with van der Waals surface area (Å²) in [7, 11) is 0. The van der Waals surface area contributed by atoms with Gasteiger partial charge in [0.2, 0.25) is 0 Å². The number of benzene rings is 1. The lowest BCUT2D eigenvalue weighted by Crippen LogP contribution is -2.44. The van der Waals surface area contributed by atoms with Crippen LogP contribution < -0.4 is 11.1 Å². The number of nitrogens with two attached hydrogens (primary N) is 1. The van der Waals surface area contributed by atoms with Crippen LogP contribution in [0.5, 0.6) is 0 Å².